The van der Waals surface area contributed by atoms with Crippen LogP contribution in [0.25, 0.3) is 0 Å². The minimum absolute atomic E-state index is 0.209. The molecule has 0 rings (SSSR count). The number of carbonyl (C=O) groups excluding carboxylic acids is 2. The summed E-state index contributed by atoms with van der Waals surface area (Å²) in [6, 6.07) is 0. The van der Waals surface area contributed by atoms with Crippen molar-refractivity contribution in [1.82, 2.24) is 10.6 Å². The molecular formula is C14H28N2O3. The number of carbonyl (C=O) groups is 2. The molecule has 0 heterocycles. The summed E-state index contributed by atoms with van der Waals surface area (Å²) in [6.07, 6.45) is 0.324. The highest BCUT2D eigenvalue weighted by Crippen LogP contribution is 2.09. The number of hydrogen-bond donors (Lipinski definition) is 2. The Balaban J connectivity index is 4.29. The molecular weight excluding hydrogens is 244 g/mol. The average molecular weight is 272 g/mol. The Labute approximate surface area is 116 Å². The molecule has 0 aromatic carbocycles. The SMILES string of the molecule is CC(C)CCNC(=O)C(C)(C)NC(=O)OC(C)(C)C. The van der Waals surface area contributed by atoms with E-state index >= 15 is 0 Å². The highest BCUT2D eigenvalue weighted by atomic mass is 16.6. The molecule has 5 heteroatoms. The number of amides is 2. The van der Waals surface area contributed by atoms with Crippen LogP contribution in [0.4, 0.5) is 4.79 Å². The molecule has 0 aromatic rings. The fourth-order valence-electron chi connectivity index (χ4n) is 1.31. The molecule has 0 unspecified atom stereocenters. The lowest BCUT2D eigenvalue weighted by atomic mass is 10.0. The van der Waals surface area contributed by atoms with Gasteiger partial charge in [-0.25, -0.2) is 4.79 Å². The smallest absolute Gasteiger partial charge is 0.408 e. The molecule has 2 amide bonds. The Kier molecular flexibility index (Phi) is 6.33. The summed E-state index contributed by atoms with van der Waals surface area (Å²) in [5.41, 5.74) is -1.56. The average Bonchev–Trinajstić information content (AvgIpc) is 2.12. The molecule has 0 fully saturated rings. The topological polar surface area (TPSA) is 67.4 Å². The summed E-state index contributed by atoms with van der Waals surface area (Å²) in [5.74, 6) is 0.321. The van der Waals surface area contributed by atoms with Gasteiger partial charge in [-0.2, -0.15) is 0 Å². The van der Waals surface area contributed by atoms with Crippen LogP contribution in [-0.4, -0.2) is 29.7 Å². The molecule has 0 aromatic heterocycles. The van der Waals surface area contributed by atoms with Gasteiger partial charge < -0.3 is 15.4 Å². The van der Waals surface area contributed by atoms with E-state index in [2.05, 4.69) is 24.5 Å². The summed E-state index contributed by atoms with van der Waals surface area (Å²) in [7, 11) is 0. The molecule has 0 aliphatic carbocycles. The van der Waals surface area contributed by atoms with E-state index in [4.69, 9.17) is 4.74 Å². The molecule has 19 heavy (non-hydrogen) atoms. The summed E-state index contributed by atoms with van der Waals surface area (Å²) < 4.78 is 5.14. The Morgan fingerprint density at radius 2 is 1.63 bits per heavy atom. The van der Waals surface area contributed by atoms with Crippen LogP contribution >= 0.6 is 0 Å². The maximum atomic E-state index is 12.0. The van der Waals surface area contributed by atoms with E-state index in [1.54, 1.807) is 34.6 Å². The van der Waals surface area contributed by atoms with Gasteiger partial charge in [0.05, 0.1) is 0 Å². The standard InChI is InChI=1S/C14H28N2O3/c1-10(2)8-9-15-11(17)14(6,7)16-12(18)19-13(3,4)5/h10H,8-9H2,1-7H3,(H,15,17)(H,16,18). The summed E-state index contributed by atoms with van der Waals surface area (Å²) >= 11 is 0. The van der Waals surface area contributed by atoms with E-state index in [0.29, 0.717) is 12.5 Å². The van der Waals surface area contributed by atoms with Crippen molar-refractivity contribution < 1.29 is 14.3 Å². The molecule has 112 valence electrons. The normalized spacial score (nSPS) is 12.2. The van der Waals surface area contributed by atoms with Crippen molar-refractivity contribution in [2.24, 2.45) is 5.92 Å². The molecule has 0 saturated heterocycles. The Morgan fingerprint density at radius 3 is 2.05 bits per heavy atom. The molecule has 0 bridgehead atoms. The Morgan fingerprint density at radius 1 is 1.11 bits per heavy atom. The third-order valence-electron chi connectivity index (χ3n) is 2.39. The second-order valence-corrected chi connectivity index (χ2v) is 6.69. The molecule has 5 nitrogen and oxygen atoms in total. The van der Waals surface area contributed by atoms with Gasteiger partial charge in [0, 0.05) is 6.54 Å². The molecule has 0 aliphatic rings. The van der Waals surface area contributed by atoms with Crippen LogP contribution in [0, 0.1) is 5.92 Å². The van der Waals surface area contributed by atoms with Gasteiger partial charge in [-0.3, -0.25) is 4.79 Å². The van der Waals surface area contributed by atoms with Crippen LogP contribution in [0.3, 0.4) is 0 Å². The molecule has 0 spiro atoms. The monoisotopic (exact) mass is 272 g/mol. The second-order valence-electron chi connectivity index (χ2n) is 6.69. The first-order valence-corrected chi connectivity index (χ1v) is 6.73. The fraction of sp³-hybridized carbons (Fsp3) is 0.857. The number of hydrogen-bond acceptors (Lipinski definition) is 3. The molecule has 0 saturated carbocycles. The van der Waals surface area contributed by atoms with Crippen LogP contribution < -0.4 is 10.6 Å². The van der Waals surface area contributed by atoms with Crippen LogP contribution in [0.15, 0.2) is 0 Å². The number of nitrogens with one attached hydrogen (secondary N) is 2. The van der Waals surface area contributed by atoms with Crippen molar-refractivity contribution in [3.05, 3.63) is 0 Å². The zero-order valence-electron chi connectivity index (χ0n) is 13.2. The predicted octanol–water partition coefficient (Wildman–Crippen LogP) is 2.45. The highest BCUT2D eigenvalue weighted by molar-refractivity contribution is 5.89. The van der Waals surface area contributed by atoms with Crippen LogP contribution in [0.2, 0.25) is 0 Å². The number of rotatable bonds is 5. The van der Waals surface area contributed by atoms with Gasteiger partial charge in [0.1, 0.15) is 11.1 Å². The predicted molar refractivity (Wildman–Crippen MR) is 75.9 cm³/mol. The van der Waals surface area contributed by atoms with Crippen molar-refractivity contribution in [2.75, 3.05) is 6.54 Å². The van der Waals surface area contributed by atoms with E-state index in [1.165, 1.54) is 0 Å². The zero-order chi connectivity index (χ0) is 15.3. The Bertz CT molecular complexity index is 317. The highest BCUT2D eigenvalue weighted by Gasteiger charge is 2.31. The third kappa shape index (κ3) is 8.46. The fourth-order valence-corrected chi connectivity index (χ4v) is 1.31. The van der Waals surface area contributed by atoms with Gasteiger partial charge in [-0.05, 0) is 47.0 Å². The van der Waals surface area contributed by atoms with Gasteiger partial charge in [0.15, 0.2) is 0 Å². The maximum Gasteiger partial charge on any atom is 0.408 e. The quantitative estimate of drug-likeness (QED) is 0.808. The molecule has 0 radical (unpaired) electrons. The lowest BCUT2D eigenvalue weighted by Gasteiger charge is -2.27. The lowest BCUT2D eigenvalue weighted by molar-refractivity contribution is -0.126. The van der Waals surface area contributed by atoms with Gasteiger partial charge in [0.2, 0.25) is 5.91 Å². The first kappa shape index (κ1) is 17.7. The van der Waals surface area contributed by atoms with Crippen molar-refractivity contribution >= 4 is 12.0 Å². The number of alkyl carbamates (subject to hydrolysis) is 1. The van der Waals surface area contributed by atoms with Crippen molar-refractivity contribution in [3.8, 4) is 0 Å². The third-order valence-corrected chi connectivity index (χ3v) is 2.39. The van der Waals surface area contributed by atoms with Crippen molar-refractivity contribution in [2.45, 2.75) is 66.0 Å². The molecule has 0 aliphatic heterocycles. The van der Waals surface area contributed by atoms with Crippen molar-refractivity contribution in [3.63, 3.8) is 0 Å². The van der Waals surface area contributed by atoms with Gasteiger partial charge in [-0.1, -0.05) is 13.8 Å². The second kappa shape index (κ2) is 6.78. The van der Waals surface area contributed by atoms with E-state index in [1.807, 2.05) is 0 Å². The van der Waals surface area contributed by atoms with Crippen LogP contribution in [0.1, 0.15) is 54.9 Å². The van der Waals surface area contributed by atoms with E-state index in [0.717, 1.165) is 6.42 Å². The van der Waals surface area contributed by atoms with Crippen molar-refractivity contribution in [1.29, 1.82) is 0 Å². The minimum atomic E-state index is -0.987. The molecule has 0 atom stereocenters. The zero-order valence-corrected chi connectivity index (χ0v) is 13.2. The number of ether oxygens (including phenoxy) is 1. The summed E-state index contributed by atoms with van der Waals surface area (Å²) in [4.78, 5) is 23.6. The van der Waals surface area contributed by atoms with Gasteiger partial charge in [-0.15, -0.1) is 0 Å². The maximum absolute atomic E-state index is 12.0. The van der Waals surface area contributed by atoms with Crippen LogP contribution in [-0.2, 0) is 9.53 Å². The van der Waals surface area contributed by atoms with E-state index in [-0.39, 0.29) is 5.91 Å². The van der Waals surface area contributed by atoms with Gasteiger partial charge >= 0.3 is 6.09 Å². The van der Waals surface area contributed by atoms with E-state index < -0.39 is 17.2 Å². The lowest BCUT2D eigenvalue weighted by Crippen LogP contribution is -2.55. The summed E-state index contributed by atoms with van der Waals surface area (Å²) in [6.45, 7) is 13.4. The summed E-state index contributed by atoms with van der Waals surface area (Å²) in [5, 5.41) is 5.39. The largest absolute Gasteiger partial charge is 0.444 e. The first-order chi connectivity index (χ1) is 8.44. The first-order valence-electron chi connectivity index (χ1n) is 6.73. The van der Waals surface area contributed by atoms with E-state index in [9.17, 15) is 9.59 Å². The minimum Gasteiger partial charge on any atom is -0.444 e. The molecule has 2 N–H and O–H groups in total. The van der Waals surface area contributed by atoms with Crippen LogP contribution in [0.5, 0.6) is 0 Å². The Hall–Kier alpha value is -1.26. The van der Waals surface area contributed by atoms with Gasteiger partial charge in [0.25, 0.3) is 0 Å².